The highest BCUT2D eigenvalue weighted by Gasteiger charge is 2.20. The molecule has 1 saturated carbocycles. The standard InChI is InChI=1S/C12H25N/c1-11(2)7-4-5-10-13(3)12-8-6-9-12/h11-12H,4-10H2,1-3H3. The first kappa shape index (κ1) is 11.0. The molecule has 0 aliphatic heterocycles. The first-order valence-electron chi connectivity index (χ1n) is 5.90. The summed E-state index contributed by atoms with van der Waals surface area (Å²) in [5.74, 6) is 0.883. The molecule has 0 saturated heterocycles. The molecule has 1 aliphatic rings. The lowest BCUT2D eigenvalue weighted by Gasteiger charge is -2.34. The van der Waals surface area contributed by atoms with Crippen LogP contribution in [-0.2, 0) is 0 Å². The minimum Gasteiger partial charge on any atom is -0.303 e. The molecule has 0 atom stereocenters. The van der Waals surface area contributed by atoms with Crippen LogP contribution in [0, 0.1) is 5.92 Å². The third-order valence-electron chi connectivity index (χ3n) is 3.24. The van der Waals surface area contributed by atoms with Crippen LogP contribution >= 0.6 is 0 Å². The fraction of sp³-hybridized carbons (Fsp3) is 1.00. The first-order chi connectivity index (χ1) is 6.20. The van der Waals surface area contributed by atoms with Crippen molar-refractivity contribution >= 4 is 0 Å². The second kappa shape index (κ2) is 5.64. The first-order valence-corrected chi connectivity index (χ1v) is 5.90. The number of hydrogen-bond acceptors (Lipinski definition) is 1. The van der Waals surface area contributed by atoms with Gasteiger partial charge in [-0.1, -0.05) is 33.1 Å². The maximum Gasteiger partial charge on any atom is 0.00922 e. The van der Waals surface area contributed by atoms with Crippen molar-refractivity contribution in [3.8, 4) is 0 Å². The van der Waals surface area contributed by atoms with Crippen LogP contribution in [0.2, 0.25) is 0 Å². The molecule has 78 valence electrons. The summed E-state index contributed by atoms with van der Waals surface area (Å²) < 4.78 is 0. The third kappa shape index (κ3) is 4.12. The number of hydrogen-bond donors (Lipinski definition) is 0. The zero-order chi connectivity index (χ0) is 9.68. The van der Waals surface area contributed by atoms with E-state index in [0.717, 1.165) is 12.0 Å². The number of rotatable bonds is 6. The predicted octanol–water partition coefficient (Wildman–Crippen LogP) is 3.30. The van der Waals surface area contributed by atoms with Crippen LogP contribution in [0.1, 0.15) is 52.4 Å². The van der Waals surface area contributed by atoms with E-state index in [9.17, 15) is 0 Å². The molecule has 1 nitrogen and oxygen atoms in total. The predicted molar refractivity (Wildman–Crippen MR) is 59.0 cm³/mol. The van der Waals surface area contributed by atoms with E-state index in [1.54, 1.807) is 0 Å². The van der Waals surface area contributed by atoms with Gasteiger partial charge in [-0.2, -0.15) is 0 Å². The molecule has 1 fully saturated rings. The quantitative estimate of drug-likeness (QED) is 0.571. The highest BCUT2D eigenvalue weighted by atomic mass is 15.1. The monoisotopic (exact) mass is 183 g/mol. The van der Waals surface area contributed by atoms with Crippen molar-refractivity contribution in [2.24, 2.45) is 5.92 Å². The van der Waals surface area contributed by atoms with Gasteiger partial charge in [-0.05, 0) is 38.8 Å². The van der Waals surface area contributed by atoms with Crippen LogP contribution in [0.15, 0.2) is 0 Å². The maximum absolute atomic E-state index is 2.56. The summed E-state index contributed by atoms with van der Waals surface area (Å²) in [6.45, 7) is 5.95. The molecule has 0 radical (unpaired) electrons. The number of unbranched alkanes of at least 4 members (excludes halogenated alkanes) is 1. The van der Waals surface area contributed by atoms with Gasteiger partial charge in [-0.25, -0.2) is 0 Å². The van der Waals surface area contributed by atoms with Gasteiger partial charge in [0.25, 0.3) is 0 Å². The molecule has 0 N–H and O–H groups in total. The van der Waals surface area contributed by atoms with Gasteiger partial charge >= 0.3 is 0 Å². The second-order valence-electron chi connectivity index (χ2n) is 4.95. The average molecular weight is 183 g/mol. The SMILES string of the molecule is CC(C)CCCCN(C)C1CCC1. The summed E-state index contributed by atoms with van der Waals surface area (Å²) in [5.41, 5.74) is 0. The fourth-order valence-corrected chi connectivity index (χ4v) is 1.92. The van der Waals surface area contributed by atoms with E-state index in [1.165, 1.54) is 45.1 Å². The molecule has 1 rings (SSSR count). The Kier molecular flexibility index (Phi) is 4.79. The van der Waals surface area contributed by atoms with Gasteiger partial charge in [0.1, 0.15) is 0 Å². The Bertz CT molecular complexity index is 127. The molecular formula is C12H25N. The number of nitrogens with zero attached hydrogens (tertiary/aromatic N) is 1. The zero-order valence-corrected chi connectivity index (χ0v) is 9.55. The van der Waals surface area contributed by atoms with Crippen LogP contribution in [0.25, 0.3) is 0 Å². The normalized spacial score (nSPS) is 18.2. The summed E-state index contributed by atoms with van der Waals surface area (Å²) in [5, 5.41) is 0. The fourth-order valence-electron chi connectivity index (χ4n) is 1.92. The third-order valence-corrected chi connectivity index (χ3v) is 3.24. The van der Waals surface area contributed by atoms with Gasteiger partial charge in [-0.15, -0.1) is 0 Å². The second-order valence-corrected chi connectivity index (χ2v) is 4.95. The minimum atomic E-state index is 0.883. The van der Waals surface area contributed by atoms with Gasteiger partial charge in [0.15, 0.2) is 0 Å². The summed E-state index contributed by atoms with van der Waals surface area (Å²) in [4.78, 5) is 2.56. The highest BCUT2D eigenvalue weighted by molar-refractivity contribution is 4.77. The Morgan fingerprint density at radius 1 is 1.23 bits per heavy atom. The zero-order valence-electron chi connectivity index (χ0n) is 9.55. The van der Waals surface area contributed by atoms with Crippen molar-refractivity contribution in [2.45, 2.75) is 58.4 Å². The van der Waals surface area contributed by atoms with E-state index in [4.69, 9.17) is 0 Å². The van der Waals surface area contributed by atoms with Crippen molar-refractivity contribution in [3.63, 3.8) is 0 Å². The molecule has 0 heterocycles. The molecule has 0 bridgehead atoms. The van der Waals surface area contributed by atoms with E-state index in [1.807, 2.05) is 0 Å². The molecule has 13 heavy (non-hydrogen) atoms. The molecule has 0 aromatic carbocycles. The molecule has 0 amide bonds. The molecule has 0 spiro atoms. The van der Waals surface area contributed by atoms with E-state index >= 15 is 0 Å². The van der Waals surface area contributed by atoms with E-state index < -0.39 is 0 Å². The van der Waals surface area contributed by atoms with Gasteiger partial charge in [0, 0.05) is 6.04 Å². The summed E-state index contributed by atoms with van der Waals surface area (Å²) >= 11 is 0. The van der Waals surface area contributed by atoms with Gasteiger partial charge in [0.2, 0.25) is 0 Å². The molecule has 1 aliphatic carbocycles. The van der Waals surface area contributed by atoms with Crippen molar-refractivity contribution < 1.29 is 0 Å². The van der Waals surface area contributed by atoms with E-state index in [0.29, 0.717) is 0 Å². The Labute approximate surface area is 83.5 Å². The Morgan fingerprint density at radius 3 is 2.38 bits per heavy atom. The van der Waals surface area contributed by atoms with Gasteiger partial charge in [-0.3, -0.25) is 0 Å². The van der Waals surface area contributed by atoms with E-state index in [2.05, 4.69) is 25.8 Å². The average Bonchev–Trinajstić information content (AvgIpc) is 1.94. The Hall–Kier alpha value is -0.0400. The lowest BCUT2D eigenvalue weighted by atomic mass is 9.91. The van der Waals surface area contributed by atoms with Crippen molar-refractivity contribution in [1.82, 2.24) is 4.90 Å². The van der Waals surface area contributed by atoms with Gasteiger partial charge < -0.3 is 4.90 Å². The summed E-state index contributed by atoms with van der Waals surface area (Å²) in [6, 6.07) is 0.930. The molecule has 1 heteroatoms. The van der Waals surface area contributed by atoms with Gasteiger partial charge in [0.05, 0.1) is 0 Å². The van der Waals surface area contributed by atoms with Crippen LogP contribution in [0.3, 0.4) is 0 Å². The highest BCUT2D eigenvalue weighted by Crippen LogP contribution is 2.23. The molecule has 0 aromatic rings. The lowest BCUT2D eigenvalue weighted by Crippen LogP contribution is -2.37. The van der Waals surface area contributed by atoms with Crippen LogP contribution in [0.5, 0.6) is 0 Å². The Morgan fingerprint density at radius 2 is 1.92 bits per heavy atom. The minimum absolute atomic E-state index is 0.883. The summed E-state index contributed by atoms with van der Waals surface area (Å²) in [6.07, 6.45) is 8.56. The van der Waals surface area contributed by atoms with Crippen molar-refractivity contribution in [2.75, 3.05) is 13.6 Å². The largest absolute Gasteiger partial charge is 0.303 e. The van der Waals surface area contributed by atoms with Crippen LogP contribution in [0.4, 0.5) is 0 Å². The Balaban J connectivity index is 1.92. The van der Waals surface area contributed by atoms with Crippen molar-refractivity contribution in [1.29, 1.82) is 0 Å². The van der Waals surface area contributed by atoms with E-state index in [-0.39, 0.29) is 0 Å². The van der Waals surface area contributed by atoms with Crippen LogP contribution < -0.4 is 0 Å². The smallest absolute Gasteiger partial charge is 0.00922 e. The summed E-state index contributed by atoms with van der Waals surface area (Å²) in [7, 11) is 2.29. The lowest BCUT2D eigenvalue weighted by molar-refractivity contribution is 0.156. The topological polar surface area (TPSA) is 3.24 Å². The van der Waals surface area contributed by atoms with Crippen LogP contribution in [-0.4, -0.2) is 24.5 Å². The molecule has 0 unspecified atom stereocenters. The van der Waals surface area contributed by atoms with Crippen molar-refractivity contribution in [3.05, 3.63) is 0 Å². The molecular weight excluding hydrogens is 158 g/mol. The maximum atomic E-state index is 2.56. The molecule has 0 aromatic heterocycles.